The van der Waals surface area contributed by atoms with Crippen molar-refractivity contribution < 1.29 is 5.11 Å². The zero-order valence-corrected chi connectivity index (χ0v) is 12.2. The van der Waals surface area contributed by atoms with Gasteiger partial charge in [0.2, 0.25) is 0 Å². The molecule has 2 nitrogen and oxygen atoms in total. The van der Waals surface area contributed by atoms with Gasteiger partial charge < -0.3 is 10.4 Å². The van der Waals surface area contributed by atoms with Gasteiger partial charge in [-0.05, 0) is 50.1 Å². The first-order valence-electron chi connectivity index (χ1n) is 6.75. The Balaban J connectivity index is 2.14. The monoisotopic (exact) mass is 257 g/mol. The van der Waals surface area contributed by atoms with Gasteiger partial charge in [0.15, 0.2) is 0 Å². The highest BCUT2D eigenvalue weighted by Gasteiger charge is 2.34. The fourth-order valence-electron chi connectivity index (χ4n) is 1.89. The van der Waals surface area contributed by atoms with Crippen LogP contribution >= 0.6 is 0 Å². The maximum absolute atomic E-state index is 10.1. The number of aliphatic hydroxyl groups is 1. The van der Waals surface area contributed by atoms with E-state index in [0.29, 0.717) is 0 Å². The smallest absolute Gasteiger partial charge is 0.0767 e. The lowest BCUT2D eigenvalue weighted by molar-refractivity contribution is -0.00531. The molecule has 2 N–H and O–H groups in total. The van der Waals surface area contributed by atoms with Gasteiger partial charge in [-0.1, -0.05) is 36.4 Å². The van der Waals surface area contributed by atoms with E-state index in [1.54, 1.807) is 0 Å². The van der Waals surface area contributed by atoms with Crippen molar-refractivity contribution in [2.24, 2.45) is 0 Å². The third-order valence-electron chi connectivity index (χ3n) is 4.08. The topological polar surface area (TPSA) is 32.3 Å². The average Bonchev–Trinajstić information content (AvgIpc) is 2.35. The van der Waals surface area contributed by atoms with Crippen molar-refractivity contribution in [3.8, 4) is 0 Å². The summed E-state index contributed by atoms with van der Waals surface area (Å²) in [7, 11) is 0. The molecule has 0 heterocycles. The summed E-state index contributed by atoms with van der Waals surface area (Å²) in [6.07, 6.45) is 0. The Labute approximate surface area is 115 Å². The number of fused-ring (bicyclic) bond motifs is 1. The maximum Gasteiger partial charge on any atom is 0.0767 e. The summed E-state index contributed by atoms with van der Waals surface area (Å²) in [6, 6.07) is 14.8. The minimum absolute atomic E-state index is 0.335. The van der Waals surface area contributed by atoms with Gasteiger partial charge in [0, 0.05) is 12.1 Å². The maximum atomic E-state index is 10.1. The summed E-state index contributed by atoms with van der Waals surface area (Å²) < 4.78 is 0. The summed E-state index contributed by atoms with van der Waals surface area (Å²) in [5, 5.41) is 16.1. The molecule has 0 saturated carbocycles. The normalized spacial score (nSPS) is 12.9. The van der Waals surface area contributed by atoms with Crippen LogP contribution in [0.25, 0.3) is 10.8 Å². The molecule has 2 rings (SSSR count). The van der Waals surface area contributed by atoms with E-state index in [1.807, 2.05) is 27.7 Å². The molecule has 2 aromatic rings. The second kappa shape index (κ2) is 4.95. The van der Waals surface area contributed by atoms with Crippen LogP contribution in [-0.2, 0) is 6.54 Å². The Kier molecular flexibility index (Phi) is 3.66. The number of hydrogen-bond acceptors (Lipinski definition) is 2. The molecule has 102 valence electrons. The molecule has 0 unspecified atom stereocenters. The van der Waals surface area contributed by atoms with Crippen molar-refractivity contribution >= 4 is 10.8 Å². The van der Waals surface area contributed by atoms with E-state index >= 15 is 0 Å². The van der Waals surface area contributed by atoms with Crippen molar-refractivity contribution in [2.75, 3.05) is 0 Å². The lowest BCUT2D eigenvalue weighted by Gasteiger charge is -2.38. The molecule has 0 aliphatic rings. The van der Waals surface area contributed by atoms with E-state index in [0.717, 1.165) is 6.54 Å². The van der Waals surface area contributed by atoms with Gasteiger partial charge in [-0.25, -0.2) is 0 Å². The first-order chi connectivity index (χ1) is 8.79. The molecule has 0 bridgehead atoms. The highest BCUT2D eigenvalue weighted by atomic mass is 16.3. The van der Waals surface area contributed by atoms with Gasteiger partial charge in [0.25, 0.3) is 0 Å². The molecule has 0 radical (unpaired) electrons. The first kappa shape index (κ1) is 14.0. The molecular formula is C17H23NO. The number of hydrogen-bond donors (Lipinski definition) is 2. The predicted octanol–water partition coefficient (Wildman–Crippen LogP) is 3.48. The van der Waals surface area contributed by atoms with Crippen LogP contribution in [0.5, 0.6) is 0 Å². The predicted molar refractivity (Wildman–Crippen MR) is 81.2 cm³/mol. The minimum Gasteiger partial charge on any atom is -0.389 e. The van der Waals surface area contributed by atoms with E-state index < -0.39 is 5.60 Å². The standard InChI is InChI=1S/C17H23NO/c1-16(2,17(3,4)19)18-12-13-9-10-14-7-5-6-8-15(14)11-13/h5-11,18-19H,12H2,1-4H3. The highest BCUT2D eigenvalue weighted by molar-refractivity contribution is 5.82. The second-order valence-corrected chi connectivity index (χ2v) is 6.22. The van der Waals surface area contributed by atoms with Gasteiger partial charge in [-0.15, -0.1) is 0 Å². The summed E-state index contributed by atoms with van der Waals surface area (Å²) >= 11 is 0. The fourth-order valence-corrected chi connectivity index (χ4v) is 1.89. The quantitative estimate of drug-likeness (QED) is 0.879. The van der Waals surface area contributed by atoms with Crippen LogP contribution in [0.4, 0.5) is 0 Å². The number of nitrogens with one attached hydrogen (secondary N) is 1. The number of benzene rings is 2. The first-order valence-corrected chi connectivity index (χ1v) is 6.75. The van der Waals surface area contributed by atoms with E-state index in [9.17, 15) is 5.11 Å². The Bertz CT molecular complexity index is 567. The average molecular weight is 257 g/mol. The molecule has 0 saturated heterocycles. The molecule has 0 amide bonds. The Hall–Kier alpha value is -1.38. The molecule has 2 heteroatoms. The van der Waals surface area contributed by atoms with Crippen LogP contribution in [0.15, 0.2) is 42.5 Å². The van der Waals surface area contributed by atoms with E-state index in [1.165, 1.54) is 16.3 Å². The van der Waals surface area contributed by atoms with Crippen molar-refractivity contribution in [3.05, 3.63) is 48.0 Å². The Morgan fingerprint density at radius 3 is 2.21 bits per heavy atom. The molecular weight excluding hydrogens is 234 g/mol. The third-order valence-corrected chi connectivity index (χ3v) is 4.08. The van der Waals surface area contributed by atoms with E-state index in [4.69, 9.17) is 0 Å². The lowest BCUT2D eigenvalue weighted by Crippen LogP contribution is -2.55. The summed E-state index contributed by atoms with van der Waals surface area (Å²) in [4.78, 5) is 0. The van der Waals surface area contributed by atoms with Crippen LogP contribution in [0.2, 0.25) is 0 Å². The van der Waals surface area contributed by atoms with Crippen LogP contribution in [-0.4, -0.2) is 16.2 Å². The van der Waals surface area contributed by atoms with Crippen LogP contribution < -0.4 is 5.32 Å². The summed E-state index contributed by atoms with van der Waals surface area (Å²) in [5.41, 5.74) is 0.138. The second-order valence-electron chi connectivity index (χ2n) is 6.22. The Morgan fingerprint density at radius 1 is 0.947 bits per heavy atom. The van der Waals surface area contributed by atoms with Gasteiger partial charge >= 0.3 is 0 Å². The van der Waals surface area contributed by atoms with Crippen molar-refractivity contribution in [2.45, 2.75) is 45.4 Å². The largest absolute Gasteiger partial charge is 0.389 e. The molecule has 2 aromatic carbocycles. The third kappa shape index (κ3) is 3.14. The summed E-state index contributed by atoms with van der Waals surface area (Å²) in [5.74, 6) is 0. The van der Waals surface area contributed by atoms with Gasteiger partial charge in [0.05, 0.1) is 5.60 Å². The molecule has 0 aliphatic carbocycles. The minimum atomic E-state index is -0.760. The fraction of sp³-hybridized carbons (Fsp3) is 0.412. The van der Waals surface area contributed by atoms with Crippen molar-refractivity contribution in [3.63, 3.8) is 0 Å². The molecule has 0 aliphatic heterocycles. The molecule has 0 fully saturated rings. The SMILES string of the molecule is CC(C)(O)C(C)(C)NCc1ccc2ccccc2c1. The van der Waals surface area contributed by atoms with Gasteiger partial charge in [0.1, 0.15) is 0 Å². The molecule has 0 spiro atoms. The zero-order valence-electron chi connectivity index (χ0n) is 12.2. The summed E-state index contributed by atoms with van der Waals surface area (Å²) in [6.45, 7) is 8.46. The van der Waals surface area contributed by atoms with Gasteiger partial charge in [-0.3, -0.25) is 0 Å². The molecule has 0 aromatic heterocycles. The molecule has 19 heavy (non-hydrogen) atoms. The zero-order chi connectivity index (χ0) is 14.1. The van der Waals surface area contributed by atoms with E-state index in [-0.39, 0.29) is 5.54 Å². The Morgan fingerprint density at radius 2 is 1.58 bits per heavy atom. The molecule has 0 atom stereocenters. The van der Waals surface area contributed by atoms with E-state index in [2.05, 4.69) is 47.8 Å². The van der Waals surface area contributed by atoms with Crippen LogP contribution in [0.3, 0.4) is 0 Å². The number of rotatable bonds is 4. The highest BCUT2D eigenvalue weighted by Crippen LogP contribution is 2.22. The van der Waals surface area contributed by atoms with Crippen molar-refractivity contribution in [1.82, 2.24) is 5.32 Å². The van der Waals surface area contributed by atoms with Crippen LogP contribution in [0.1, 0.15) is 33.3 Å². The lowest BCUT2D eigenvalue weighted by atomic mass is 9.86. The van der Waals surface area contributed by atoms with Crippen LogP contribution in [0, 0.1) is 0 Å². The van der Waals surface area contributed by atoms with Gasteiger partial charge in [-0.2, -0.15) is 0 Å². The van der Waals surface area contributed by atoms with Crippen molar-refractivity contribution in [1.29, 1.82) is 0 Å².